The van der Waals surface area contributed by atoms with Crippen LogP contribution in [0, 0.1) is 39.0 Å². The number of hydrogen-bond donors (Lipinski definition) is 0. The van der Waals surface area contributed by atoms with E-state index in [-0.39, 0.29) is 28.3 Å². The Bertz CT molecular complexity index is 3970. The molecular weight excluding hydrogens is 901 g/mol. The third-order valence-electron chi connectivity index (χ3n) is 12.5. The van der Waals surface area contributed by atoms with Gasteiger partial charge in [-0.1, -0.05) is 60.7 Å². The SMILES string of the molecule is Cc1nc(C)nc(-c2ccc3c(c2)c2ccccc2n3-c2cccc(C#N)c2-c2c(-c3ccc(C(F)(F)F)cc3C(F)(F)F)cccc2-n2c3ccccc3c3cc(-c4nc(C)nc(C)n4)ccc32)n1. The zero-order valence-corrected chi connectivity index (χ0v) is 37.6. The molecule has 11 rings (SSSR count). The maximum Gasteiger partial charge on any atom is 0.417 e. The Morgan fingerprint density at radius 2 is 0.900 bits per heavy atom. The number of alkyl halides is 6. The molecule has 0 aliphatic rings. The molecule has 0 aliphatic heterocycles. The Kier molecular flexibility index (Phi) is 10.1. The number of nitrogens with zero attached hydrogens (tertiary/aromatic N) is 9. The van der Waals surface area contributed by atoms with Crippen molar-refractivity contribution in [2.45, 2.75) is 40.0 Å². The molecule has 0 spiro atoms. The van der Waals surface area contributed by atoms with E-state index < -0.39 is 29.0 Å². The van der Waals surface area contributed by atoms with Crippen molar-refractivity contribution >= 4 is 43.6 Å². The molecule has 0 N–H and O–H groups in total. The average Bonchev–Trinajstić information content (AvgIpc) is 3.84. The van der Waals surface area contributed by atoms with Crippen LogP contribution in [0.25, 0.3) is 100 Å². The molecule has 0 unspecified atom stereocenters. The molecule has 0 radical (unpaired) electrons. The smallest absolute Gasteiger partial charge is 0.309 e. The first-order valence-corrected chi connectivity index (χ1v) is 22.0. The molecule has 4 heterocycles. The zero-order chi connectivity index (χ0) is 48.8. The third kappa shape index (κ3) is 7.27. The summed E-state index contributed by atoms with van der Waals surface area (Å²) in [7, 11) is 0. The van der Waals surface area contributed by atoms with E-state index in [9.17, 15) is 18.4 Å². The summed E-state index contributed by atoms with van der Waals surface area (Å²) < 4.78 is 92.8. The second kappa shape index (κ2) is 16.2. The van der Waals surface area contributed by atoms with Crippen LogP contribution in [-0.2, 0) is 12.4 Å². The highest BCUT2D eigenvalue weighted by molar-refractivity contribution is 6.13. The van der Waals surface area contributed by atoms with Gasteiger partial charge in [0, 0.05) is 43.8 Å². The van der Waals surface area contributed by atoms with Gasteiger partial charge in [-0.25, -0.2) is 29.9 Å². The molecule has 0 atom stereocenters. The highest BCUT2D eigenvalue weighted by Gasteiger charge is 2.39. The standard InChI is InChI=1S/C55H35F6N9/c1-29-63-30(2)66-52(65-29)33-19-23-46-41(25-33)38-12-5-7-15-44(38)69(46)48-17-9-11-35(28-62)50(48)51-40(37-22-21-36(54(56,57)58)27-43(37)55(59,60)61)14-10-18-49(51)70-45-16-8-6-13-39(45)42-26-34(20-24-47(42)70)53-67-31(3)64-32(4)68-53/h5-27H,1-4H3. The molecular formula is C55H35F6N9. The van der Waals surface area contributed by atoms with Gasteiger partial charge in [-0.05, 0) is 118 Å². The lowest BCUT2D eigenvalue weighted by Gasteiger charge is -2.24. The molecule has 15 heteroatoms. The Balaban J connectivity index is 1.27. The highest BCUT2D eigenvalue weighted by atomic mass is 19.4. The first kappa shape index (κ1) is 43.8. The van der Waals surface area contributed by atoms with E-state index in [1.807, 2.05) is 94.1 Å². The van der Waals surface area contributed by atoms with Crippen LogP contribution in [0.15, 0.2) is 140 Å². The number of nitriles is 1. The summed E-state index contributed by atoms with van der Waals surface area (Å²) in [5.41, 5.74) is 1.99. The largest absolute Gasteiger partial charge is 0.417 e. The molecule has 70 heavy (non-hydrogen) atoms. The van der Waals surface area contributed by atoms with E-state index >= 15 is 13.2 Å². The van der Waals surface area contributed by atoms with Crippen molar-refractivity contribution in [3.63, 3.8) is 0 Å². The molecule has 342 valence electrons. The van der Waals surface area contributed by atoms with E-state index in [1.54, 1.807) is 58.0 Å². The molecule has 0 saturated carbocycles. The second-order valence-electron chi connectivity index (χ2n) is 16.9. The monoisotopic (exact) mass is 935 g/mol. The summed E-state index contributed by atoms with van der Waals surface area (Å²) >= 11 is 0. The lowest BCUT2D eigenvalue weighted by atomic mass is 9.86. The van der Waals surface area contributed by atoms with Gasteiger partial charge in [0.05, 0.1) is 56.2 Å². The van der Waals surface area contributed by atoms with Gasteiger partial charge >= 0.3 is 12.4 Å². The summed E-state index contributed by atoms with van der Waals surface area (Å²) in [6.07, 6.45) is -10.3. The fraction of sp³-hybridized carbons (Fsp3) is 0.109. The van der Waals surface area contributed by atoms with Gasteiger partial charge in [0.15, 0.2) is 11.6 Å². The molecule has 0 aliphatic carbocycles. The van der Waals surface area contributed by atoms with Gasteiger partial charge in [0.1, 0.15) is 23.3 Å². The molecule has 0 amide bonds. The molecule has 0 bridgehead atoms. The van der Waals surface area contributed by atoms with Crippen LogP contribution in [0.2, 0.25) is 0 Å². The van der Waals surface area contributed by atoms with Crippen molar-refractivity contribution in [3.05, 3.63) is 180 Å². The van der Waals surface area contributed by atoms with Crippen LogP contribution < -0.4 is 0 Å². The third-order valence-corrected chi connectivity index (χ3v) is 12.5. The number of benzene rings is 7. The number of aryl methyl sites for hydroxylation is 4. The minimum atomic E-state index is -5.23. The van der Waals surface area contributed by atoms with Crippen LogP contribution in [0.5, 0.6) is 0 Å². The quantitative estimate of drug-likeness (QED) is 0.153. The number of aromatic nitrogens is 8. The van der Waals surface area contributed by atoms with Gasteiger partial charge in [-0.3, -0.25) is 0 Å². The summed E-state index contributed by atoms with van der Waals surface area (Å²) in [5, 5.41) is 14.3. The normalized spacial score (nSPS) is 12.1. The maximum atomic E-state index is 15.4. The molecule has 9 nitrogen and oxygen atoms in total. The van der Waals surface area contributed by atoms with Gasteiger partial charge in [-0.2, -0.15) is 31.6 Å². The van der Waals surface area contributed by atoms with Crippen molar-refractivity contribution in [1.82, 2.24) is 39.0 Å². The molecule has 0 fully saturated rings. The zero-order valence-electron chi connectivity index (χ0n) is 37.6. The molecule has 7 aromatic carbocycles. The molecule has 11 aromatic rings. The van der Waals surface area contributed by atoms with Crippen molar-refractivity contribution in [2.24, 2.45) is 0 Å². The minimum absolute atomic E-state index is 0.0511. The topological polar surface area (TPSA) is 111 Å². The van der Waals surface area contributed by atoms with Crippen LogP contribution in [-0.4, -0.2) is 39.0 Å². The lowest BCUT2D eigenvalue weighted by Crippen LogP contribution is -2.13. The number of halogens is 6. The van der Waals surface area contributed by atoms with Crippen LogP contribution in [0.1, 0.15) is 40.0 Å². The van der Waals surface area contributed by atoms with Crippen molar-refractivity contribution in [2.75, 3.05) is 0 Å². The fourth-order valence-corrected chi connectivity index (χ4v) is 9.72. The van der Waals surface area contributed by atoms with E-state index in [2.05, 4.69) is 36.0 Å². The Labute approximate surface area is 395 Å². The number of rotatable bonds is 6. The number of para-hydroxylation sites is 2. The highest BCUT2D eigenvalue weighted by Crippen LogP contribution is 2.49. The first-order chi connectivity index (χ1) is 33.6. The second-order valence-corrected chi connectivity index (χ2v) is 16.9. The van der Waals surface area contributed by atoms with E-state index in [1.165, 1.54) is 6.07 Å². The molecule has 0 saturated heterocycles. The summed E-state index contributed by atoms with van der Waals surface area (Å²) in [5.74, 6) is 3.11. The number of hydrogen-bond acceptors (Lipinski definition) is 7. The van der Waals surface area contributed by atoms with Crippen LogP contribution in [0.3, 0.4) is 0 Å². The minimum Gasteiger partial charge on any atom is -0.309 e. The lowest BCUT2D eigenvalue weighted by molar-refractivity contribution is -0.142. The van der Waals surface area contributed by atoms with E-state index in [4.69, 9.17) is 0 Å². The van der Waals surface area contributed by atoms with Crippen molar-refractivity contribution in [1.29, 1.82) is 5.26 Å². The van der Waals surface area contributed by atoms with Gasteiger partial charge < -0.3 is 9.13 Å². The molecule has 4 aromatic heterocycles. The van der Waals surface area contributed by atoms with Gasteiger partial charge in [0.25, 0.3) is 0 Å². The fourth-order valence-electron chi connectivity index (χ4n) is 9.72. The van der Waals surface area contributed by atoms with Crippen LogP contribution in [0.4, 0.5) is 26.3 Å². The van der Waals surface area contributed by atoms with Crippen molar-refractivity contribution in [3.8, 4) is 62.5 Å². The Morgan fingerprint density at radius 1 is 0.429 bits per heavy atom. The summed E-state index contributed by atoms with van der Waals surface area (Å²) in [6.45, 7) is 7.13. The number of fused-ring (bicyclic) bond motifs is 6. The van der Waals surface area contributed by atoms with Crippen LogP contribution >= 0.6 is 0 Å². The van der Waals surface area contributed by atoms with E-state index in [0.29, 0.717) is 80.0 Å². The van der Waals surface area contributed by atoms with E-state index in [0.717, 1.165) is 33.2 Å². The van der Waals surface area contributed by atoms with Gasteiger partial charge in [0.2, 0.25) is 0 Å². The van der Waals surface area contributed by atoms with Gasteiger partial charge in [-0.15, -0.1) is 0 Å². The van der Waals surface area contributed by atoms with Crippen molar-refractivity contribution < 1.29 is 26.3 Å². The summed E-state index contributed by atoms with van der Waals surface area (Å²) in [4.78, 5) is 27.1. The first-order valence-electron chi connectivity index (χ1n) is 22.0. The Morgan fingerprint density at radius 3 is 1.39 bits per heavy atom. The Hall–Kier alpha value is -8.77. The predicted octanol–water partition coefficient (Wildman–Crippen LogP) is 14.1. The average molecular weight is 936 g/mol. The maximum absolute atomic E-state index is 15.4. The summed E-state index contributed by atoms with van der Waals surface area (Å²) in [6, 6.07) is 40.5. The predicted molar refractivity (Wildman–Crippen MR) is 257 cm³/mol.